The second-order valence-electron chi connectivity index (χ2n) is 5.15. The average Bonchev–Trinajstić information content (AvgIpc) is 3.04. The van der Waals surface area contributed by atoms with E-state index in [-0.39, 0.29) is 29.7 Å². The summed E-state index contributed by atoms with van der Waals surface area (Å²) in [5.41, 5.74) is 1.87. The number of benzene rings is 2. The third kappa shape index (κ3) is 2.83. The van der Waals surface area contributed by atoms with Gasteiger partial charge >= 0.3 is 0 Å². The van der Waals surface area contributed by atoms with Gasteiger partial charge in [0, 0.05) is 11.9 Å². The fourth-order valence-electron chi connectivity index (χ4n) is 2.45. The molecule has 3 aromatic rings. The summed E-state index contributed by atoms with van der Waals surface area (Å²) in [5.74, 6) is 0.194. The van der Waals surface area contributed by atoms with Crippen molar-refractivity contribution in [3.05, 3.63) is 47.7 Å². The molecule has 124 valence electrons. The minimum absolute atomic E-state index is 0.0756. The molecule has 0 fully saturated rings. The van der Waals surface area contributed by atoms with Crippen LogP contribution >= 0.6 is 0 Å². The predicted octanol–water partition coefficient (Wildman–Crippen LogP) is 2.22. The van der Waals surface area contributed by atoms with E-state index in [1.54, 1.807) is 12.1 Å². The number of hydrogen-bond acceptors (Lipinski definition) is 5. The van der Waals surface area contributed by atoms with Crippen LogP contribution in [0, 0.1) is 0 Å². The number of phenolic OH excluding ortho intramolecular Hbond substituents is 1. The normalized spacial score (nSPS) is 10.6. The lowest BCUT2D eigenvalue weighted by Gasteiger charge is -2.11. The Morgan fingerprint density at radius 1 is 1.21 bits per heavy atom. The zero-order chi connectivity index (χ0) is 17.1. The molecule has 0 aliphatic rings. The van der Waals surface area contributed by atoms with Gasteiger partial charge in [-0.05, 0) is 23.8 Å². The number of aromatic amines is 1. The van der Waals surface area contributed by atoms with E-state index >= 15 is 0 Å². The van der Waals surface area contributed by atoms with Gasteiger partial charge in [-0.3, -0.25) is 9.89 Å². The SMILES string of the molecule is COc1cc(CNC(=O)c2n[nH]c3ccccc23)cc(OC)c1O. The number of aromatic hydroxyl groups is 1. The molecule has 0 spiro atoms. The quantitative estimate of drug-likeness (QED) is 0.668. The minimum Gasteiger partial charge on any atom is -0.502 e. The Kier molecular flexibility index (Phi) is 4.24. The molecule has 7 nitrogen and oxygen atoms in total. The minimum atomic E-state index is -0.293. The van der Waals surface area contributed by atoms with Crippen molar-refractivity contribution in [3.63, 3.8) is 0 Å². The highest BCUT2D eigenvalue weighted by molar-refractivity contribution is 6.04. The number of para-hydroxylation sites is 1. The average molecular weight is 327 g/mol. The Hall–Kier alpha value is -3.22. The Bertz CT molecular complexity index is 863. The summed E-state index contributed by atoms with van der Waals surface area (Å²) in [6.07, 6.45) is 0. The lowest BCUT2D eigenvalue weighted by molar-refractivity contribution is 0.0947. The lowest BCUT2D eigenvalue weighted by Crippen LogP contribution is -2.23. The fourth-order valence-corrected chi connectivity index (χ4v) is 2.45. The van der Waals surface area contributed by atoms with Crippen molar-refractivity contribution in [1.29, 1.82) is 0 Å². The van der Waals surface area contributed by atoms with Gasteiger partial charge in [0.15, 0.2) is 17.2 Å². The first-order valence-corrected chi connectivity index (χ1v) is 7.29. The van der Waals surface area contributed by atoms with Crippen molar-refractivity contribution >= 4 is 16.8 Å². The number of nitrogens with zero attached hydrogens (tertiary/aromatic N) is 1. The van der Waals surface area contributed by atoms with E-state index in [9.17, 15) is 9.90 Å². The highest BCUT2D eigenvalue weighted by Gasteiger charge is 2.15. The second kappa shape index (κ2) is 6.49. The first-order chi connectivity index (χ1) is 11.6. The molecule has 0 unspecified atom stereocenters. The number of rotatable bonds is 5. The Morgan fingerprint density at radius 3 is 2.54 bits per heavy atom. The Balaban J connectivity index is 1.79. The highest BCUT2D eigenvalue weighted by atomic mass is 16.5. The van der Waals surface area contributed by atoms with Gasteiger partial charge in [0.25, 0.3) is 5.91 Å². The first-order valence-electron chi connectivity index (χ1n) is 7.29. The molecule has 3 N–H and O–H groups in total. The molecule has 1 aromatic heterocycles. The van der Waals surface area contributed by atoms with Crippen LogP contribution in [-0.4, -0.2) is 35.4 Å². The van der Waals surface area contributed by atoms with Crippen LogP contribution in [0.2, 0.25) is 0 Å². The van der Waals surface area contributed by atoms with Gasteiger partial charge in [-0.15, -0.1) is 0 Å². The van der Waals surface area contributed by atoms with Gasteiger partial charge in [-0.25, -0.2) is 0 Å². The van der Waals surface area contributed by atoms with Gasteiger partial charge in [0.05, 0.1) is 19.7 Å². The maximum absolute atomic E-state index is 12.4. The van der Waals surface area contributed by atoms with Crippen molar-refractivity contribution in [2.75, 3.05) is 14.2 Å². The topological polar surface area (TPSA) is 96.5 Å². The summed E-state index contributed by atoms with van der Waals surface area (Å²) in [5, 5.41) is 20.4. The number of aromatic nitrogens is 2. The van der Waals surface area contributed by atoms with Gasteiger partial charge in [0.2, 0.25) is 5.75 Å². The lowest BCUT2D eigenvalue weighted by atomic mass is 10.1. The molecule has 0 bridgehead atoms. The Morgan fingerprint density at radius 2 is 1.88 bits per heavy atom. The largest absolute Gasteiger partial charge is 0.502 e. The van der Waals surface area contributed by atoms with E-state index in [1.807, 2.05) is 24.3 Å². The van der Waals surface area contributed by atoms with E-state index in [2.05, 4.69) is 15.5 Å². The summed E-state index contributed by atoms with van der Waals surface area (Å²) in [7, 11) is 2.90. The fraction of sp³-hybridized carbons (Fsp3) is 0.176. The number of carbonyl (C=O) groups is 1. The van der Waals surface area contributed by atoms with Gasteiger partial charge in [-0.2, -0.15) is 5.10 Å². The summed E-state index contributed by atoms with van der Waals surface area (Å²) in [6, 6.07) is 10.7. The molecule has 1 amide bonds. The molecule has 0 saturated carbocycles. The Labute approximate surface area is 138 Å². The zero-order valence-corrected chi connectivity index (χ0v) is 13.3. The molecule has 0 aliphatic carbocycles. The van der Waals surface area contributed by atoms with Crippen molar-refractivity contribution in [2.45, 2.75) is 6.54 Å². The number of H-pyrrole nitrogens is 1. The van der Waals surface area contributed by atoms with Crippen molar-refractivity contribution in [3.8, 4) is 17.2 Å². The van der Waals surface area contributed by atoms with Crippen LogP contribution in [0.1, 0.15) is 16.1 Å². The van der Waals surface area contributed by atoms with E-state index in [4.69, 9.17) is 9.47 Å². The molecule has 3 rings (SSSR count). The van der Waals surface area contributed by atoms with Crippen LogP contribution in [0.4, 0.5) is 0 Å². The number of phenols is 1. The molecule has 1 heterocycles. The van der Waals surface area contributed by atoms with Crippen molar-refractivity contribution < 1.29 is 19.4 Å². The molecular formula is C17H17N3O4. The summed E-state index contributed by atoms with van der Waals surface area (Å²) < 4.78 is 10.2. The first kappa shape index (κ1) is 15.7. The number of fused-ring (bicyclic) bond motifs is 1. The number of carbonyl (C=O) groups excluding carboxylic acids is 1. The molecule has 0 aliphatic heterocycles. The van der Waals surface area contributed by atoms with Gasteiger partial charge in [0.1, 0.15) is 0 Å². The van der Waals surface area contributed by atoms with Gasteiger partial charge < -0.3 is 19.9 Å². The standard InChI is InChI=1S/C17H17N3O4/c1-23-13-7-10(8-14(24-2)16(13)21)9-18-17(22)15-11-5-3-4-6-12(11)19-20-15/h3-8,21H,9H2,1-2H3,(H,18,22)(H,19,20). The second-order valence-corrected chi connectivity index (χ2v) is 5.15. The van der Waals surface area contributed by atoms with E-state index in [0.29, 0.717) is 5.69 Å². The summed E-state index contributed by atoms with van der Waals surface area (Å²) in [4.78, 5) is 12.4. The van der Waals surface area contributed by atoms with E-state index in [1.165, 1.54) is 14.2 Å². The maximum Gasteiger partial charge on any atom is 0.272 e. The molecule has 7 heteroatoms. The third-order valence-electron chi connectivity index (χ3n) is 3.68. The van der Waals surface area contributed by atoms with Crippen molar-refractivity contribution in [2.24, 2.45) is 0 Å². The molecule has 0 radical (unpaired) electrons. The highest BCUT2D eigenvalue weighted by Crippen LogP contribution is 2.37. The van der Waals surface area contributed by atoms with E-state index in [0.717, 1.165) is 16.5 Å². The molecule has 2 aromatic carbocycles. The molecule has 24 heavy (non-hydrogen) atoms. The van der Waals surface area contributed by atoms with Gasteiger partial charge in [-0.1, -0.05) is 18.2 Å². The maximum atomic E-state index is 12.4. The van der Waals surface area contributed by atoms with E-state index < -0.39 is 0 Å². The summed E-state index contributed by atoms with van der Waals surface area (Å²) in [6.45, 7) is 0.243. The van der Waals surface area contributed by atoms with Crippen LogP contribution in [0.5, 0.6) is 17.2 Å². The summed E-state index contributed by atoms with van der Waals surface area (Å²) >= 11 is 0. The van der Waals surface area contributed by atoms with Crippen LogP contribution in [0.25, 0.3) is 10.9 Å². The van der Waals surface area contributed by atoms with Crippen LogP contribution in [0.15, 0.2) is 36.4 Å². The van der Waals surface area contributed by atoms with Crippen LogP contribution in [-0.2, 0) is 6.54 Å². The smallest absolute Gasteiger partial charge is 0.272 e. The monoisotopic (exact) mass is 327 g/mol. The third-order valence-corrected chi connectivity index (χ3v) is 3.68. The number of methoxy groups -OCH3 is 2. The number of nitrogens with one attached hydrogen (secondary N) is 2. The molecular weight excluding hydrogens is 310 g/mol. The van der Waals surface area contributed by atoms with Crippen molar-refractivity contribution in [1.82, 2.24) is 15.5 Å². The molecule has 0 atom stereocenters. The number of amides is 1. The predicted molar refractivity (Wildman–Crippen MR) is 88.5 cm³/mol. The van der Waals surface area contributed by atoms with Crippen LogP contribution < -0.4 is 14.8 Å². The number of hydrogen-bond donors (Lipinski definition) is 3. The molecule has 0 saturated heterocycles. The van der Waals surface area contributed by atoms with Crippen LogP contribution in [0.3, 0.4) is 0 Å². The zero-order valence-electron chi connectivity index (χ0n) is 13.3. The number of ether oxygens (including phenoxy) is 2.